The molecular formula is C22H26BrNO3. The predicted octanol–water partition coefficient (Wildman–Crippen LogP) is 4.86. The molecule has 0 fully saturated rings. The van der Waals surface area contributed by atoms with Crippen LogP contribution in [0.4, 0.5) is 0 Å². The van der Waals surface area contributed by atoms with E-state index in [0.717, 1.165) is 22.2 Å². The SMILES string of the molecule is C=C1NC2=C(C(=O)CC(C)(C)C2)C(c2cccc(Br)c2)C1C(=O)OC(C)C. The topological polar surface area (TPSA) is 55.4 Å². The number of rotatable bonds is 3. The molecular weight excluding hydrogens is 406 g/mol. The van der Waals surface area contributed by atoms with Crippen molar-refractivity contribution in [1.29, 1.82) is 0 Å². The summed E-state index contributed by atoms with van der Waals surface area (Å²) in [5.41, 5.74) is 2.98. The largest absolute Gasteiger partial charge is 0.462 e. The van der Waals surface area contributed by atoms with E-state index >= 15 is 0 Å². The molecule has 1 aliphatic heterocycles. The van der Waals surface area contributed by atoms with Crippen molar-refractivity contribution >= 4 is 27.7 Å². The molecule has 0 saturated heterocycles. The van der Waals surface area contributed by atoms with Gasteiger partial charge in [-0.25, -0.2) is 0 Å². The number of allylic oxidation sites excluding steroid dienone is 2. The van der Waals surface area contributed by atoms with E-state index in [4.69, 9.17) is 4.74 Å². The van der Waals surface area contributed by atoms with Crippen LogP contribution in [0.5, 0.6) is 0 Å². The third-order valence-electron chi connectivity index (χ3n) is 5.06. The summed E-state index contributed by atoms with van der Waals surface area (Å²) < 4.78 is 6.42. The van der Waals surface area contributed by atoms with Gasteiger partial charge >= 0.3 is 5.97 Å². The van der Waals surface area contributed by atoms with Crippen LogP contribution in [0.15, 0.2) is 52.3 Å². The molecule has 2 aliphatic rings. The lowest BCUT2D eigenvalue weighted by atomic mass is 9.66. The monoisotopic (exact) mass is 431 g/mol. The van der Waals surface area contributed by atoms with Crippen molar-refractivity contribution in [2.24, 2.45) is 11.3 Å². The van der Waals surface area contributed by atoms with Crippen molar-refractivity contribution in [3.63, 3.8) is 0 Å². The van der Waals surface area contributed by atoms with Crippen LogP contribution >= 0.6 is 15.9 Å². The van der Waals surface area contributed by atoms with Crippen LogP contribution in [0.1, 0.15) is 52.0 Å². The van der Waals surface area contributed by atoms with E-state index in [2.05, 4.69) is 41.7 Å². The van der Waals surface area contributed by atoms with Crippen molar-refractivity contribution in [2.75, 3.05) is 0 Å². The zero-order valence-electron chi connectivity index (χ0n) is 16.3. The number of hydrogen-bond acceptors (Lipinski definition) is 4. The number of benzene rings is 1. The van der Waals surface area contributed by atoms with Crippen LogP contribution in [-0.2, 0) is 14.3 Å². The van der Waals surface area contributed by atoms with Crippen molar-refractivity contribution in [2.45, 2.75) is 52.6 Å². The van der Waals surface area contributed by atoms with Gasteiger partial charge < -0.3 is 10.1 Å². The summed E-state index contributed by atoms with van der Waals surface area (Å²) in [6.07, 6.45) is 0.991. The number of carbonyl (C=O) groups is 2. The maximum Gasteiger partial charge on any atom is 0.316 e. The minimum atomic E-state index is -0.634. The summed E-state index contributed by atoms with van der Waals surface area (Å²) in [6, 6.07) is 7.78. The van der Waals surface area contributed by atoms with Gasteiger partial charge in [0.1, 0.15) is 5.92 Å². The summed E-state index contributed by atoms with van der Waals surface area (Å²) in [5, 5.41) is 3.27. The van der Waals surface area contributed by atoms with E-state index in [9.17, 15) is 9.59 Å². The Kier molecular flexibility index (Phi) is 5.35. The molecule has 2 atom stereocenters. The third-order valence-corrected chi connectivity index (χ3v) is 5.56. The van der Waals surface area contributed by atoms with Gasteiger partial charge in [0.15, 0.2) is 5.78 Å². The van der Waals surface area contributed by atoms with E-state index < -0.39 is 5.92 Å². The summed E-state index contributed by atoms with van der Waals surface area (Å²) in [7, 11) is 0. The van der Waals surface area contributed by atoms with E-state index in [-0.39, 0.29) is 29.2 Å². The van der Waals surface area contributed by atoms with Crippen LogP contribution in [0.3, 0.4) is 0 Å². The molecule has 0 radical (unpaired) electrons. The average molecular weight is 432 g/mol. The Morgan fingerprint density at radius 1 is 1.33 bits per heavy atom. The Hall–Kier alpha value is -1.88. The Balaban J connectivity index is 2.16. The fourth-order valence-corrected chi connectivity index (χ4v) is 4.51. The lowest BCUT2D eigenvalue weighted by Gasteiger charge is -2.42. The maximum atomic E-state index is 13.1. The molecule has 0 saturated carbocycles. The lowest BCUT2D eigenvalue weighted by Crippen LogP contribution is -2.44. The van der Waals surface area contributed by atoms with Gasteiger partial charge in [0.05, 0.1) is 6.10 Å². The molecule has 2 unspecified atom stereocenters. The highest BCUT2D eigenvalue weighted by Gasteiger charge is 2.46. The van der Waals surface area contributed by atoms with E-state index in [1.807, 2.05) is 38.1 Å². The van der Waals surface area contributed by atoms with Crippen LogP contribution < -0.4 is 5.32 Å². The third kappa shape index (κ3) is 4.03. The van der Waals surface area contributed by atoms with Gasteiger partial charge in [-0.3, -0.25) is 9.59 Å². The molecule has 1 aromatic rings. The average Bonchev–Trinajstić information content (AvgIpc) is 2.51. The molecule has 3 rings (SSSR count). The van der Waals surface area contributed by atoms with Gasteiger partial charge in [-0.05, 0) is 43.4 Å². The van der Waals surface area contributed by atoms with Gasteiger partial charge in [0, 0.05) is 33.8 Å². The fourth-order valence-electron chi connectivity index (χ4n) is 4.09. The van der Waals surface area contributed by atoms with Crippen molar-refractivity contribution in [3.05, 3.63) is 57.8 Å². The highest BCUT2D eigenvalue weighted by molar-refractivity contribution is 9.10. The van der Waals surface area contributed by atoms with Gasteiger partial charge in [-0.1, -0.05) is 48.5 Å². The van der Waals surface area contributed by atoms with Gasteiger partial charge in [-0.2, -0.15) is 0 Å². The number of ketones is 1. The van der Waals surface area contributed by atoms with Crippen molar-refractivity contribution in [3.8, 4) is 0 Å². The molecule has 144 valence electrons. The number of Topliss-reactive ketones (excluding diaryl/α,β-unsaturated/α-hetero) is 1. The zero-order valence-corrected chi connectivity index (χ0v) is 17.9. The number of carbonyl (C=O) groups excluding carboxylic acids is 2. The Labute approximate surface area is 169 Å². The summed E-state index contributed by atoms with van der Waals surface area (Å²) >= 11 is 3.51. The molecule has 1 aliphatic carbocycles. The minimum absolute atomic E-state index is 0.0913. The second-order valence-corrected chi connectivity index (χ2v) is 9.40. The highest BCUT2D eigenvalue weighted by atomic mass is 79.9. The maximum absolute atomic E-state index is 13.1. The zero-order chi connectivity index (χ0) is 19.9. The second-order valence-electron chi connectivity index (χ2n) is 8.48. The molecule has 5 heteroatoms. The summed E-state index contributed by atoms with van der Waals surface area (Å²) in [4.78, 5) is 26.0. The number of hydrogen-bond donors (Lipinski definition) is 1. The first-order chi connectivity index (χ1) is 12.6. The minimum Gasteiger partial charge on any atom is -0.462 e. The number of ether oxygens (including phenoxy) is 1. The Morgan fingerprint density at radius 3 is 2.67 bits per heavy atom. The van der Waals surface area contributed by atoms with E-state index in [1.54, 1.807) is 0 Å². The van der Waals surface area contributed by atoms with Crippen LogP contribution in [-0.4, -0.2) is 17.9 Å². The first-order valence-corrected chi connectivity index (χ1v) is 10.1. The standard InChI is InChI=1S/C22H26BrNO3/c1-12(2)27-21(26)18-13(3)24-16-10-22(4,5)11-17(25)20(16)19(18)14-7-6-8-15(23)9-14/h6-9,12,18-19,24H,3,10-11H2,1-2,4-5H3. The number of esters is 1. The van der Waals surface area contributed by atoms with Gasteiger partial charge in [0.2, 0.25) is 0 Å². The van der Waals surface area contributed by atoms with Gasteiger partial charge in [0.25, 0.3) is 0 Å². The highest BCUT2D eigenvalue weighted by Crippen LogP contribution is 2.48. The first-order valence-electron chi connectivity index (χ1n) is 9.27. The number of halogens is 1. The molecule has 1 heterocycles. The quantitative estimate of drug-likeness (QED) is 0.694. The smallest absolute Gasteiger partial charge is 0.316 e. The van der Waals surface area contributed by atoms with Gasteiger partial charge in [-0.15, -0.1) is 0 Å². The molecule has 1 aromatic carbocycles. The Bertz CT molecular complexity index is 838. The molecule has 0 aromatic heterocycles. The van der Waals surface area contributed by atoms with Crippen molar-refractivity contribution < 1.29 is 14.3 Å². The molecule has 0 spiro atoms. The molecule has 0 bridgehead atoms. The summed E-state index contributed by atoms with van der Waals surface area (Å²) in [5.74, 6) is -1.28. The van der Waals surface area contributed by atoms with Crippen LogP contribution in [0, 0.1) is 11.3 Å². The van der Waals surface area contributed by atoms with E-state index in [1.165, 1.54) is 0 Å². The molecule has 1 N–H and O–H groups in total. The Morgan fingerprint density at radius 2 is 2.04 bits per heavy atom. The first kappa shape index (κ1) is 19.9. The predicted molar refractivity (Wildman–Crippen MR) is 109 cm³/mol. The number of nitrogens with one attached hydrogen (secondary N) is 1. The lowest BCUT2D eigenvalue weighted by molar-refractivity contribution is -0.151. The van der Waals surface area contributed by atoms with Crippen LogP contribution in [0.2, 0.25) is 0 Å². The van der Waals surface area contributed by atoms with E-state index in [0.29, 0.717) is 17.7 Å². The molecule has 0 amide bonds. The molecule has 4 nitrogen and oxygen atoms in total. The fraction of sp³-hybridized carbons (Fsp3) is 0.455. The second kappa shape index (κ2) is 7.27. The summed E-state index contributed by atoms with van der Waals surface area (Å²) in [6.45, 7) is 11.9. The van der Waals surface area contributed by atoms with Crippen molar-refractivity contribution in [1.82, 2.24) is 5.32 Å². The molecule has 27 heavy (non-hydrogen) atoms. The van der Waals surface area contributed by atoms with Crippen LogP contribution in [0.25, 0.3) is 0 Å². The normalized spacial score (nSPS) is 24.5.